The second kappa shape index (κ2) is 4.66. The van der Waals surface area contributed by atoms with E-state index in [1.54, 1.807) is 6.20 Å². The molecule has 88 valence electrons. The summed E-state index contributed by atoms with van der Waals surface area (Å²) in [5.74, 6) is -0.192. The van der Waals surface area contributed by atoms with Crippen molar-refractivity contribution in [3.05, 3.63) is 65.7 Å². The van der Waals surface area contributed by atoms with E-state index >= 15 is 0 Å². The SMILES string of the molecule is CC(C)(Cc1ccccn1)c1ccc(F)cc1. The fourth-order valence-corrected chi connectivity index (χ4v) is 1.96. The van der Waals surface area contributed by atoms with E-state index in [0.29, 0.717) is 0 Å². The Labute approximate surface area is 101 Å². The molecule has 1 aromatic carbocycles. The molecular formula is C15H16FN. The first kappa shape index (κ1) is 11.8. The normalized spacial score (nSPS) is 11.5. The predicted octanol–water partition coefficient (Wildman–Crippen LogP) is 3.74. The lowest BCUT2D eigenvalue weighted by atomic mass is 9.80. The minimum atomic E-state index is -0.192. The topological polar surface area (TPSA) is 12.9 Å². The van der Waals surface area contributed by atoms with Crippen molar-refractivity contribution in [1.29, 1.82) is 0 Å². The van der Waals surface area contributed by atoms with E-state index in [1.807, 2.05) is 30.3 Å². The first-order chi connectivity index (χ1) is 8.08. The maximum absolute atomic E-state index is 12.9. The molecule has 2 rings (SSSR count). The average molecular weight is 229 g/mol. The van der Waals surface area contributed by atoms with Gasteiger partial charge in [-0.1, -0.05) is 32.0 Å². The number of aromatic nitrogens is 1. The van der Waals surface area contributed by atoms with Gasteiger partial charge in [0.15, 0.2) is 0 Å². The molecule has 0 N–H and O–H groups in total. The highest BCUT2D eigenvalue weighted by Crippen LogP contribution is 2.26. The molecule has 0 aliphatic heterocycles. The van der Waals surface area contributed by atoms with E-state index in [-0.39, 0.29) is 11.2 Å². The van der Waals surface area contributed by atoms with Crippen LogP contribution in [0.3, 0.4) is 0 Å². The van der Waals surface area contributed by atoms with Crippen LogP contribution in [0.15, 0.2) is 48.7 Å². The molecule has 0 aliphatic rings. The summed E-state index contributed by atoms with van der Waals surface area (Å²) in [6, 6.07) is 12.6. The van der Waals surface area contributed by atoms with E-state index in [4.69, 9.17) is 0 Å². The van der Waals surface area contributed by atoms with Crippen molar-refractivity contribution in [2.75, 3.05) is 0 Å². The molecular weight excluding hydrogens is 213 g/mol. The Hall–Kier alpha value is -1.70. The molecule has 0 saturated heterocycles. The number of hydrogen-bond acceptors (Lipinski definition) is 1. The van der Waals surface area contributed by atoms with Crippen LogP contribution >= 0.6 is 0 Å². The predicted molar refractivity (Wildman–Crippen MR) is 67.4 cm³/mol. The van der Waals surface area contributed by atoms with E-state index in [0.717, 1.165) is 17.7 Å². The summed E-state index contributed by atoms with van der Waals surface area (Å²) in [7, 11) is 0. The minimum Gasteiger partial charge on any atom is -0.261 e. The fourth-order valence-electron chi connectivity index (χ4n) is 1.96. The Balaban J connectivity index is 2.21. The molecule has 2 aromatic rings. The van der Waals surface area contributed by atoms with Gasteiger partial charge in [-0.25, -0.2) is 4.39 Å². The Morgan fingerprint density at radius 1 is 1.06 bits per heavy atom. The van der Waals surface area contributed by atoms with Gasteiger partial charge in [0.05, 0.1) is 0 Å². The maximum Gasteiger partial charge on any atom is 0.123 e. The van der Waals surface area contributed by atoms with Crippen LogP contribution in [0, 0.1) is 5.82 Å². The number of nitrogens with zero attached hydrogens (tertiary/aromatic N) is 1. The highest BCUT2D eigenvalue weighted by Gasteiger charge is 2.21. The van der Waals surface area contributed by atoms with Crippen LogP contribution in [0.25, 0.3) is 0 Å². The molecule has 0 atom stereocenters. The number of halogens is 1. The number of benzene rings is 1. The van der Waals surface area contributed by atoms with E-state index in [1.165, 1.54) is 12.1 Å². The third-order valence-electron chi connectivity index (χ3n) is 2.97. The zero-order chi connectivity index (χ0) is 12.3. The van der Waals surface area contributed by atoms with Crippen LogP contribution in [0.4, 0.5) is 4.39 Å². The highest BCUT2D eigenvalue weighted by molar-refractivity contribution is 5.26. The summed E-state index contributed by atoms with van der Waals surface area (Å²) in [4.78, 5) is 4.33. The molecule has 0 fully saturated rings. The molecule has 0 aliphatic carbocycles. The maximum atomic E-state index is 12.9. The third kappa shape index (κ3) is 2.90. The number of hydrogen-bond donors (Lipinski definition) is 0. The number of rotatable bonds is 3. The van der Waals surface area contributed by atoms with Gasteiger partial charge in [0.2, 0.25) is 0 Å². The first-order valence-electron chi connectivity index (χ1n) is 5.74. The van der Waals surface area contributed by atoms with Gasteiger partial charge in [-0.15, -0.1) is 0 Å². The first-order valence-corrected chi connectivity index (χ1v) is 5.74. The van der Waals surface area contributed by atoms with Crippen LogP contribution in [0.5, 0.6) is 0 Å². The van der Waals surface area contributed by atoms with E-state index in [9.17, 15) is 4.39 Å². The van der Waals surface area contributed by atoms with Gasteiger partial charge >= 0.3 is 0 Å². The lowest BCUT2D eigenvalue weighted by molar-refractivity contribution is 0.513. The summed E-state index contributed by atoms with van der Waals surface area (Å²) >= 11 is 0. The van der Waals surface area contributed by atoms with Crippen LogP contribution in [0.1, 0.15) is 25.1 Å². The molecule has 1 heterocycles. The van der Waals surface area contributed by atoms with Gasteiger partial charge < -0.3 is 0 Å². The zero-order valence-electron chi connectivity index (χ0n) is 10.2. The molecule has 0 saturated carbocycles. The summed E-state index contributed by atoms with van der Waals surface area (Å²) in [5, 5.41) is 0. The van der Waals surface area contributed by atoms with Crippen molar-refractivity contribution in [2.45, 2.75) is 25.7 Å². The summed E-state index contributed by atoms with van der Waals surface area (Å²) in [6.07, 6.45) is 2.65. The lowest BCUT2D eigenvalue weighted by Gasteiger charge is -2.24. The summed E-state index contributed by atoms with van der Waals surface area (Å²) < 4.78 is 12.9. The van der Waals surface area contributed by atoms with Gasteiger partial charge in [-0.2, -0.15) is 0 Å². The monoisotopic (exact) mass is 229 g/mol. The largest absolute Gasteiger partial charge is 0.261 e. The van der Waals surface area contributed by atoms with Crippen LogP contribution in [-0.2, 0) is 11.8 Å². The summed E-state index contributed by atoms with van der Waals surface area (Å²) in [5.41, 5.74) is 2.15. The van der Waals surface area contributed by atoms with E-state index < -0.39 is 0 Å². The van der Waals surface area contributed by atoms with Crippen LogP contribution < -0.4 is 0 Å². The minimum absolute atomic E-state index is 0.0396. The second-order valence-electron chi connectivity index (χ2n) is 4.89. The van der Waals surface area contributed by atoms with E-state index in [2.05, 4.69) is 18.8 Å². The molecule has 17 heavy (non-hydrogen) atoms. The van der Waals surface area contributed by atoms with Gasteiger partial charge in [-0.3, -0.25) is 4.98 Å². The molecule has 1 aromatic heterocycles. The van der Waals surface area contributed by atoms with Crippen molar-refractivity contribution in [3.8, 4) is 0 Å². The second-order valence-corrected chi connectivity index (χ2v) is 4.89. The molecule has 0 amide bonds. The molecule has 0 bridgehead atoms. The van der Waals surface area contributed by atoms with Gasteiger partial charge in [-0.05, 0) is 41.7 Å². The number of pyridine rings is 1. The van der Waals surface area contributed by atoms with Crippen molar-refractivity contribution < 1.29 is 4.39 Å². The average Bonchev–Trinajstić information content (AvgIpc) is 2.30. The van der Waals surface area contributed by atoms with Crippen LogP contribution in [-0.4, -0.2) is 4.98 Å². The Kier molecular flexibility index (Phi) is 3.23. The van der Waals surface area contributed by atoms with Crippen molar-refractivity contribution in [3.63, 3.8) is 0 Å². The zero-order valence-corrected chi connectivity index (χ0v) is 10.2. The van der Waals surface area contributed by atoms with Gasteiger partial charge in [0.25, 0.3) is 0 Å². The molecule has 0 radical (unpaired) electrons. The standard InChI is InChI=1S/C15H16FN/c1-15(2,11-14-5-3-4-10-17-14)12-6-8-13(16)9-7-12/h3-10H,11H2,1-2H3. The molecule has 1 nitrogen and oxygen atoms in total. The molecule has 0 spiro atoms. The fraction of sp³-hybridized carbons (Fsp3) is 0.267. The Morgan fingerprint density at radius 2 is 1.76 bits per heavy atom. The quantitative estimate of drug-likeness (QED) is 0.781. The summed E-state index contributed by atoms with van der Waals surface area (Å²) in [6.45, 7) is 4.30. The van der Waals surface area contributed by atoms with Crippen molar-refractivity contribution in [2.24, 2.45) is 0 Å². The smallest absolute Gasteiger partial charge is 0.123 e. The van der Waals surface area contributed by atoms with Gasteiger partial charge in [0, 0.05) is 11.9 Å². The molecule has 2 heteroatoms. The van der Waals surface area contributed by atoms with Crippen LogP contribution in [0.2, 0.25) is 0 Å². The lowest BCUT2D eigenvalue weighted by Crippen LogP contribution is -2.21. The molecule has 0 unspecified atom stereocenters. The van der Waals surface area contributed by atoms with Gasteiger partial charge in [0.1, 0.15) is 5.82 Å². The Morgan fingerprint density at radius 3 is 2.35 bits per heavy atom. The Bertz CT molecular complexity index is 474. The highest BCUT2D eigenvalue weighted by atomic mass is 19.1. The van der Waals surface area contributed by atoms with Crippen molar-refractivity contribution >= 4 is 0 Å². The third-order valence-corrected chi connectivity index (χ3v) is 2.97. The van der Waals surface area contributed by atoms with Crippen molar-refractivity contribution in [1.82, 2.24) is 4.98 Å².